The van der Waals surface area contributed by atoms with Gasteiger partial charge in [0, 0.05) is 18.6 Å². The number of nitrogens with zero attached hydrogens (tertiary/aromatic N) is 3. The van der Waals surface area contributed by atoms with E-state index in [4.69, 9.17) is 5.11 Å². The fourth-order valence-electron chi connectivity index (χ4n) is 1.23. The number of hydrogen-bond acceptors (Lipinski definition) is 3. The number of nitrogens with one attached hydrogen (secondary N) is 1. The highest BCUT2D eigenvalue weighted by molar-refractivity contribution is 5.66. The van der Waals surface area contributed by atoms with E-state index in [1.807, 2.05) is 0 Å². The lowest BCUT2D eigenvalue weighted by Crippen LogP contribution is -2.13. The van der Waals surface area contributed by atoms with E-state index < -0.39 is 5.97 Å². The second-order valence-corrected chi connectivity index (χ2v) is 2.93. The third-order valence-corrected chi connectivity index (χ3v) is 1.84. The monoisotopic (exact) mass is 208 g/mol. The standard InChI is InChI=1S/C8H8N4O3/c13-7(14)5-11-4-6(3-10-11)12-2-1-9-8(12)15/h1-4H,5H2,(H,9,15)(H,13,14). The van der Waals surface area contributed by atoms with Gasteiger partial charge >= 0.3 is 11.7 Å². The molecule has 0 fully saturated rings. The Bertz CT molecular complexity index is 536. The van der Waals surface area contributed by atoms with Gasteiger partial charge in [0.05, 0.1) is 11.9 Å². The maximum Gasteiger partial charge on any atom is 0.330 e. The Labute approximate surface area is 83.6 Å². The molecule has 7 heteroatoms. The van der Waals surface area contributed by atoms with Gasteiger partial charge in [-0.25, -0.2) is 4.79 Å². The van der Waals surface area contributed by atoms with Crippen LogP contribution in [0.2, 0.25) is 0 Å². The van der Waals surface area contributed by atoms with Gasteiger partial charge in [0.15, 0.2) is 0 Å². The van der Waals surface area contributed by atoms with Gasteiger partial charge in [0.25, 0.3) is 0 Å². The molecule has 2 aromatic heterocycles. The van der Waals surface area contributed by atoms with Crippen molar-refractivity contribution in [2.45, 2.75) is 6.54 Å². The first-order chi connectivity index (χ1) is 7.16. The number of aromatic amines is 1. The molecule has 7 nitrogen and oxygen atoms in total. The number of aromatic nitrogens is 4. The van der Waals surface area contributed by atoms with Crippen LogP contribution in [-0.4, -0.2) is 30.4 Å². The van der Waals surface area contributed by atoms with Gasteiger partial charge in [-0.3, -0.25) is 14.0 Å². The highest BCUT2D eigenvalue weighted by atomic mass is 16.4. The molecule has 0 aliphatic heterocycles. The van der Waals surface area contributed by atoms with Gasteiger partial charge in [-0.15, -0.1) is 0 Å². The van der Waals surface area contributed by atoms with Crippen molar-refractivity contribution in [3.05, 3.63) is 35.3 Å². The number of H-pyrrole nitrogens is 1. The molecule has 2 aromatic rings. The smallest absolute Gasteiger partial charge is 0.330 e. The fourth-order valence-corrected chi connectivity index (χ4v) is 1.23. The van der Waals surface area contributed by atoms with Gasteiger partial charge in [0.1, 0.15) is 6.54 Å². The summed E-state index contributed by atoms with van der Waals surface area (Å²) in [5.41, 5.74) is 0.243. The summed E-state index contributed by atoms with van der Waals surface area (Å²) in [7, 11) is 0. The van der Waals surface area contributed by atoms with Crippen molar-refractivity contribution >= 4 is 5.97 Å². The molecule has 0 aliphatic carbocycles. The van der Waals surface area contributed by atoms with Crippen LogP contribution in [0.25, 0.3) is 5.69 Å². The van der Waals surface area contributed by atoms with Crippen LogP contribution in [-0.2, 0) is 11.3 Å². The van der Waals surface area contributed by atoms with E-state index in [1.54, 1.807) is 6.20 Å². The Hall–Kier alpha value is -2.31. The maximum absolute atomic E-state index is 11.2. The molecule has 15 heavy (non-hydrogen) atoms. The number of carboxylic acids is 1. The average molecular weight is 208 g/mol. The molecule has 0 amide bonds. The second kappa shape index (κ2) is 3.45. The summed E-state index contributed by atoms with van der Waals surface area (Å²) < 4.78 is 2.59. The molecule has 78 valence electrons. The van der Waals surface area contributed by atoms with E-state index in [0.29, 0.717) is 5.69 Å². The number of hydrogen-bond donors (Lipinski definition) is 2. The largest absolute Gasteiger partial charge is 0.480 e. The van der Waals surface area contributed by atoms with Crippen molar-refractivity contribution in [1.82, 2.24) is 19.3 Å². The predicted octanol–water partition coefficient (Wildman–Crippen LogP) is -0.553. The number of carbonyl (C=O) groups is 1. The van der Waals surface area contributed by atoms with E-state index in [1.165, 1.54) is 27.8 Å². The minimum atomic E-state index is -0.980. The van der Waals surface area contributed by atoms with E-state index in [-0.39, 0.29) is 12.2 Å². The number of carboxylic acid groups (broad SMARTS) is 1. The highest BCUT2D eigenvalue weighted by Gasteiger charge is 2.05. The zero-order chi connectivity index (χ0) is 10.8. The molecule has 0 aliphatic rings. The average Bonchev–Trinajstić information content (AvgIpc) is 2.72. The van der Waals surface area contributed by atoms with Crippen LogP contribution in [0.15, 0.2) is 29.6 Å². The molecular formula is C8H8N4O3. The van der Waals surface area contributed by atoms with Gasteiger partial charge in [-0.1, -0.05) is 0 Å². The van der Waals surface area contributed by atoms with E-state index in [2.05, 4.69) is 10.1 Å². The lowest BCUT2D eigenvalue weighted by Gasteiger charge is -1.94. The molecule has 2 heterocycles. The number of aliphatic carboxylic acids is 1. The first-order valence-corrected chi connectivity index (χ1v) is 4.17. The summed E-state index contributed by atoms with van der Waals surface area (Å²) in [6.45, 7) is -0.223. The van der Waals surface area contributed by atoms with Gasteiger partial charge in [-0.2, -0.15) is 5.10 Å². The minimum Gasteiger partial charge on any atom is -0.480 e. The maximum atomic E-state index is 11.2. The molecule has 0 unspecified atom stereocenters. The number of imidazole rings is 1. The first-order valence-electron chi connectivity index (χ1n) is 4.17. The molecule has 0 aromatic carbocycles. The van der Waals surface area contributed by atoms with Crippen LogP contribution >= 0.6 is 0 Å². The summed E-state index contributed by atoms with van der Waals surface area (Å²) in [4.78, 5) is 24.1. The first kappa shape index (κ1) is 9.25. The molecule has 0 atom stereocenters. The van der Waals surface area contributed by atoms with Crippen LogP contribution in [0.1, 0.15) is 0 Å². The molecule has 0 spiro atoms. The molecule has 0 radical (unpaired) electrons. The van der Waals surface area contributed by atoms with Crippen molar-refractivity contribution < 1.29 is 9.90 Å². The van der Waals surface area contributed by atoms with Crippen molar-refractivity contribution in [1.29, 1.82) is 0 Å². The fraction of sp³-hybridized carbons (Fsp3) is 0.125. The Morgan fingerprint density at radius 1 is 1.60 bits per heavy atom. The summed E-state index contributed by atoms with van der Waals surface area (Å²) in [5.74, 6) is -0.980. The highest BCUT2D eigenvalue weighted by Crippen LogP contribution is 2.01. The summed E-state index contributed by atoms with van der Waals surface area (Å²) in [5, 5.41) is 12.3. The second-order valence-electron chi connectivity index (χ2n) is 2.93. The van der Waals surface area contributed by atoms with Gasteiger partial charge in [0.2, 0.25) is 0 Å². The molecule has 2 rings (SSSR count). The Balaban J connectivity index is 2.32. The van der Waals surface area contributed by atoms with Crippen molar-refractivity contribution in [2.24, 2.45) is 0 Å². The summed E-state index contributed by atoms with van der Waals surface area (Å²) in [6.07, 6.45) is 5.96. The van der Waals surface area contributed by atoms with Gasteiger partial charge in [-0.05, 0) is 0 Å². The van der Waals surface area contributed by atoms with Crippen molar-refractivity contribution in [3.63, 3.8) is 0 Å². The summed E-state index contributed by atoms with van der Waals surface area (Å²) >= 11 is 0. The normalized spacial score (nSPS) is 10.4. The van der Waals surface area contributed by atoms with E-state index >= 15 is 0 Å². The lowest BCUT2D eigenvalue weighted by molar-refractivity contribution is -0.137. The molecule has 0 saturated carbocycles. The Morgan fingerprint density at radius 2 is 2.40 bits per heavy atom. The molecule has 2 N–H and O–H groups in total. The van der Waals surface area contributed by atoms with Crippen LogP contribution in [0.5, 0.6) is 0 Å². The van der Waals surface area contributed by atoms with E-state index in [9.17, 15) is 9.59 Å². The zero-order valence-corrected chi connectivity index (χ0v) is 7.62. The molecule has 0 bridgehead atoms. The SMILES string of the molecule is O=C(O)Cn1cc(-n2cc[nH]c2=O)cn1. The third kappa shape index (κ3) is 1.80. The molecule has 0 saturated heterocycles. The molecular weight excluding hydrogens is 200 g/mol. The Morgan fingerprint density at radius 3 is 3.00 bits per heavy atom. The van der Waals surface area contributed by atoms with Crippen molar-refractivity contribution in [2.75, 3.05) is 0 Å². The lowest BCUT2D eigenvalue weighted by atomic mass is 10.5. The predicted molar refractivity (Wildman–Crippen MR) is 49.8 cm³/mol. The summed E-state index contributed by atoms with van der Waals surface area (Å²) in [6, 6.07) is 0. The zero-order valence-electron chi connectivity index (χ0n) is 7.62. The van der Waals surface area contributed by atoms with Crippen LogP contribution < -0.4 is 5.69 Å². The minimum absolute atomic E-state index is 0.223. The van der Waals surface area contributed by atoms with Crippen LogP contribution in [0.3, 0.4) is 0 Å². The Kier molecular flexibility index (Phi) is 2.13. The third-order valence-electron chi connectivity index (χ3n) is 1.84. The van der Waals surface area contributed by atoms with E-state index in [0.717, 1.165) is 0 Å². The van der Waals surface area contributed by atoms with Gasteiger partial charge < -0.3 is 10.1 Å². The van der Waals surface area contributed by atoms with Crippen LogP contribution in [0, 0.1) is 0 Å². The number of rotatable bonds is 3. The topological polar surface area (TPSA) is 92.9 Å². The van der Waals surface area contributed by atoms with Crippen molar-refractivity contribution in [3.8, 4) is 5.69 Å². The van der Waals surface area contributed by atoms with Crippen LogP contribution in [0.4, 0.5) is 0 Å². The quantitative estimate of drug-likeness (QED) is 0.707.